The van der Waals surface area contributed by atoms with Crippen molar-refractivity contribution in [1.82, 2.24) is 0 Å². The van der Waals surface area contributed by atoms with E-state index in [2.05, 4.69) is 0 Å². The number of rotatable bonds is 8. The molecule has 0 aliphatic heterocycles. The van der Waals surface area contributed by atoms with E-state index in [1.54, 1.807) is 60.3 Å². The van der Waals surface area contributed by atoms with Crippen molar-refractivity contribution in [2.75, 3.05) is 0 Å². The predicted molar refractivity (Wildman–Crippen MR) is 144 cm³/mol. The molecule has 0 spiro atoms. The number of ketones is 2. The topological polar surface area (TPSA) is 34.1 Å². The molecular weight excluding hydrogens is 507 g/mol. The van der Waals surface area contributed by atoms with Gasteiger partial charge >= 0.3 is 0 Å². The Morgan fingerprint density at radius 2 is 1.26 bits per heavy atom. The Morgan fingerprint density at radius 1 is 0.735 bits per heavy atom. The zero-order chi connectivity index (χ0) is 24.1. The largest absolute Gasteiger partial charge is 0.294 e. The Hall–Kier alpha value is -1.78. The van der Waals surface area contributed by atoms with Crippen molar-refractivity contribution in [3.63, 3.8) is 0 Å². The summed E-state index contributed by atoms with van der Waals surface area (Å²) in [6.45, 7) is 0. The van der Waals surface area contributed by atoms with E-state index in [0.717, 1.165) is 25.0 Å². The van der Waals surface area contributed by atoms with E-state index in [9.17, 15) is 9.59 Å². The van der Waals surface area contributed by atoms with Crippen LogP contribution in [-0.2, 0) is 5.75 Å². The summed E-state index contributed by atoms with van der Waals surface area (Å²) in [6, 6.07) is 21.9. The normalized spacial score (nSPS) is 20.1. The van der Waals surface area contributed by atoms with Crippen LogP contribution in [0.1, 0.15) is 52.0 Å². The number of thioether (sulfide) groups is 1. The van der Waals surface area contributed by atoms with Crippen LogP contribution < -0.4 is 0 Å². The monoisotopic (exact) mass is 530 g/mol. The van der Waals surface area contributed by atoms with Gasteiger partial charge in [0.15, 0.2) is 11.6 Å². The lowest BCUT2D eigenvalue weighted by Gasteiger charge is -2.37. The Kier molecular flexibility index (Phi) is 8.76. The standard InChI is InChI=1S/C28H25Cl3O2S/c29-22-10-4-18(5-11-22)17-34-26-3-1-2-21(16-25(32)19-6-12-23(30)13-7-19)27(26)28(33)20-8-14-24(31)15-9-20/h4-15,21,26-27H,1-3,16-17H2/t21-,26-,27-/m1/s1. The van der Waals surface area contributed by atoms with E-state index >= 15 is 0 Å². The van der Waals surface area contributed by atoms with Crippen LogP contribution in [0.15, 0.2) is 72.8 Å². The van der Waals surface area contributed by atoms with Gasteiger partial charge < -0.3 is 0 Å². The Bertz CT molecular complexity index is 1130. The van der Waals surface area contributed by atoms with Gasteiger partial charge in [0.25, 0.3) is 0 Å². The summed E-state index contributed by atoms with van der Waals surface area (Å²) in [5.41, 5.74) is 2.46. The van der Waals surface area contributed by atoms with E-state index < -0.39 is 0 Å². The lowest BCUT2D eigenvalue weighted by atomic mass is 9.72. The first-order chi connectivity index (χ1) is 16.4. The van der Waals surface area contributed by atoms with Crippen molar-refractivity contribution in [2.45, 2.75) is 36.7 Å². The van der Waals surface area contributed by atoms with Gasteiger partial charge in [-0.2, -0.15) is 11.8 Å². The van der Waals surface area contributed by atoms with Gasteiger partial charge in [0.05, 0.1) is 0 Å². The van der Waals surface area contributed by atoms with E-state index in [1.807, 2.05) is 24.3 Å². The fourth-order valence-corrected chi connectivity index (χ4v) is 6.49. The Labute approximate surface area is 220 Å². The summed E-state index contributed by atoms with van der Waals surface area (Å²) < 4.78 is 0. The third-order valence-electron chi connectivity index (χ3n) is 6.39. The first kappa shape index (κ1) is 25.3. The molecule has 1 aliphatic rings. The predicted octanol–water partition coefficient (Wildman–Crippen LogP) is 8.82. The zero-order valence-corrected chi connectivity index (χ0v) is 21.6. The lowest BCUT2D eigenvalue weighted by molar-refractivity contribution is 0.0793. The molecule has 0 saturated heterocycles. The summed E-state index contributed by atoms with van der Waals surface area (Å²) in [5.74, 6) is 0.702. The average molecular weight is 532 g/mol. The molecule has 0 heterocycles. The summed E-state index contributed by atoms with van der Waals surface area (Å²) in [5, 5.41) is 2.05. The molecule has 3 atom stereocenters. The summed E-state index contributed by atoms with van der Waals surface area (Å²) in [7, 11) is 0. The molecule has 4 rings (SSSR count). The van der Waals surface area contributed by atoms with Crippen LogP contribution in [0.5, 0.6) is 0 Å². The highest BCUT2D eigenvalue weighted by atomic mass is 35.5. The van der Waals surface area contributed by atoms with Gasteiger partial charge in [-0.05, 0) is 85.0 Å². The first-order valence-electron chi connectivity index (χ1n) is 11.4. The van der Waals surface area contributed by atoms with Gasteiger partial charge in [0.2, 0.25) is 0 Å². The zero-order valence-electron chi connectivity index (χ0n) is 18.6. The van der Waals surface area contributed by atoms with Crippen LogP contribution in [0.3, 0.4) is 0 Å². The number of hydrogen-bond donors (Lipinski definition) is 0. The molecule has 1 saturated carbocycles. The number of halogens is 3. The lowest BCUT2D eigenvalue weighted by Crippen LogP contribution is -2.38. The average Bonchev–Trinajstić information content (AvgIpc) is 2.84. The summed E-state index contributed by atoms with van der Waals surface area (Å²) >= 11 is 19.9. The molecule has 2 nitrogen and oxygen atoms in total. The second-order valence-corrected chi connectivity index (χ2v) is 11.2. The van der Waals surface area contributed by atoms with Crippen LogP contribution in [0.2, 0.25) is 15.1 Å². The van der Waals surface area contributed by atoms with Crippen LogP contribution in [-0.4, -0.2) is 16.8 Å². The van der Waals surface area contributed by atoms with Crippen LogP contribution in [0.4, 0.5) is 0 Å². The summed E-state index contributed by atoms with van der Waals surface area (Å²) in [4.78, 5) is 26.8. The molecule has 6 heteroatoms. The van der Waals surface area contributed by atoms with Gasteiger partial charge in [-0.25, -0.2) is 0 Å². The number of carbonyl (C=O) groups is 2. The molecule has 1 fully saturated rings. The Morgan fingerprint density at radius 3 is 1.85 bits per heavy atom. The van der Waals surface area contributed by atoms with Crippen LogP contribution in [0, 0.1) is 11.8 Å². The first-order valence-corrected chi connectivity index (χ1v) is 13.5. The van der Waals surface area contributed by atoms with Gasteiger partial charge in [-0.15, -0.1) is 0 Å². The fraction of sp³-hybridized carbons (Fsp3) is 0.286. The van der Waals surface area contributed by atoms with Gasteiger partial charge in [-0.3, -0.25) is 9.59 Å². The van der Waals surface area contributed by atoms with E-state index in [1.165, 1.54) is 5.56 Å². The van der Waals surface area contributed by atoms with E-state index in [0.29, 0.717) is 32.6 Å². The molecule has 3 aromatic carbocycles. The van der Waals surface area contributed by atoms with Crippen molar-refractivity contribution >= 4 is 58.1 Å². The van der Waals surface area contributed by atoms with Crippen molar-refractivity contribution in [1.29, 1.82) is 0 Å². The highest BCUT2D eigenvalue weighted by Gasteiger charge is 2.39. The number of carbonyl (C=O) groups excluding carboxylic acids is 2. The second kappa shape index (κ2) is 11.8. The van der Waals surface area contributed by atoms with Crippen molar-refractivity contribution in [3.8, 4) is 0 Å². The third-order valence-corrected chi connectivity index (χ3v) is 8.61. The SMILES string of the molecule is O=C(C[C@H]1CCC[C@@H](SCc2ccc(Cl)cc2)[C@@H]1C(=O)c1ccc(Cl)cc1)c1ccc(Cl)cc1. The van der Waals surface area contributed by atoms with Gasteiger partial charge in [0.1, 0.15) is 0 Å². The summed E-state index contributed by atoms with van der Waals surface area (Å²) in [6.07, 6.45) is 3.17. The smallest absolute Gasteiger partial charge is 0.167 e. The van der Waals surface area contributed by atoms with Crippen LogP contribution in [0.25, 0.3) is 0 Å². The van der Waals surface area contributed by atoms with E-state index in [4.69, 9.17) is 34.8 Å². The minimum atomic E-state index is -0.233. The second-order valence-electron chi connectivity index (χ2n) is 8.70. The van der Waals surface area contributed by atoms with Crippen molar-refractivity contribution in [2.24, 2.45) is 11.8 Å². The number of hydrogen-bond acceptors (Lipinski definition) is 3. The fourth-order valence-electron chi connectivity index (χ4n) is 4.63. The molecule has 34 heavy (non-hydrogen) atoms. The third kappa shape index (κ3) is 6.46. The molecule has 0 amide bonds. The quantitative estimate of drug-likeness (QED) is 0.272. The Balaban J connectivity index is 1.56. The molecule has 0 N–H and O–H groups in total. The highest BCUT2D eigenvalue weighted by molar-refractivity contribution is 7.99. The van der Waals surface area contributed by atoms with Gasteiger partial charge in [0, 0.05) is 49.5 Å². The van der Waals surface area contributed by atoms with E-state index in [-0.39, 0.29) is 28.7 Å². The molecule has 0 radical (unpaired) electrons. The van der Waals surface area contributed by atoms with Crippen molar-refractivity contribution < 1.29 is 9.59 Å². The minimum absolute atomic E-state index is 0.0113. The maximum atomic E-state index is 13.7. The molecule has 0 unspecified atom stereocenters. The molecule has 3 aromatic rings. The number of benzene rings is 3. The number of Topliss-reactive ketones (excluding diaryl/α,β-unsaturated/α-hetero) is 2. The maximum Gasteiger partial charge on any atom is 0.167 e. The maximum absolute atomic E-state index is 13.7. The molecule has 1 aliphatic carbocycles. The molecule has 176 valence electrons. The van der Waals surface area contributed by atoms with Gasteiger partial charge in [-0.1, -0.05) is 53.4 Å². The van der Waals surface area contributed by atoms with Crippen molar-refractivity contribution in [3.05, 3.63) is 105 Å². The highest BCUT2D eigenvalue weighted by Crippen LogP contribution is 2.42. The minimum Gasteiger partial charge on any atom is -0.294 e. The van der Waals surface area contributed by atoms with Crippen LogP contribution >= 0.6 is 46.6 Å². The molecule has 0 aromatic heterocycles. The molecular formula is C28H25Cl3O2S. The molecule has 0 bridgehead atoms.